The molecule has 0 radical (unpaired) electrons. The Hall–Kier alpha value is -3.15. The lowest BCUT2D eigenvalue weighted by Gasteiger charge is -2.19. The first kappa shape index (κ1) is 17.7. The highest BCUT2D eigenvalue weighted by Gasteiger charge is 2.41. The van der Waals surface area contributed by atoms with Crippen LogP contribution >= 0.6 is 0 Å². The minimum atomic E-state index is -0.727. The van der Waals surface area contributed by atoms with Crippen LogP contribution in [0.2, 0.25) is 0 Å². The standard InChI is InChI=1S/C20H20N2O4/c1-3-26-20(24)18-16(13-7-5-4-6-8-13)17(21-22-18)19(23)14-9-11-15(25-2)12-10-14/h4-12,16,18,22H,3H2,1-2H3/t16-,18-/m0/s1. The van der Waals surface area contributed by atoms with Crippen molar-refractivity contribution >= 4 is 17.5 Å². The van der Waals surface area contributed by atoms with Crippen LogP contribution < -0.4 is 10.2 Å². The van der Waals surface area contributed by atoms with Crippen molar-refractivity contribution in [1.82, 2.24) is 5.43 Å². The van der Waals surface area contributed by atoms with Crippen LogP contribution in [0.4, 0.5) is 0 Å². The summed E-state index contributed by atoms with van der Waals surface area (Å²) >= 11 is 0. The number of benzene rings is 2. The molecule has 3 rings (SSSR count). The van der Waals surface area contributed by atoms with Crippen molar-refractivity contribution in [2.24, 2.45) is 5.10 Å². The molecule has 6 heteroatoms. The van der Waals surface area contributed by atoms with Crippen molar-refractivity contribution in [2.45, 2.75) is 18.9 Å². The maximum atomic E-state index is 13.0. The lowest BCUT2D eigenvalue weighted by Crippen LogP contribution is -2.38. The predicted molar refractivity (Wildman–Crippen MR) is 97.5 cm³/mol. The highest BCUT2D eigenvalue weighted by Crippen LogP contribution is 2.28. The van der Waals surface area contributed by atoms with E-state index in [2.05, 4.69) is 10.5 Å². The normalized spacial score (nSPS) is 18.6. The van der Waals surface area contributed by atoms with Crippen molar-refractivity contribution in [3.8, 4) is 5.75 Å². The maximum absolute atomic E-state index is 13.0. The minimum absolute atomic E-state index is 0.235. The number of esters is 1. The van der Waals surface area contributed by atoms with Gasteiger partial charge >= 0.3 is 5.97 Å². The third-order valence-corrected chi connectivity index (χ3v) is 4.24. The molecule has 1 aliphatic heterocycles. The van der Waals surface area contributed by atoms with E-state index in [0.29, 0.717) is 17.0 Å². The molecular formula is C20H20N2O4. The molecule has 1 aliphatic rings. The van der Waals surface area contributed by atoms with E-state index in [9.17, 15) is 9.59 Å². The summed E-state index contributed by atoms with van der Waals surface area (Å²) in [5.74, 6) is -0.509. The molecule has 1 heterocycles. The number of ketones is 1. The molecule has 0 fully saturated rings. The Morgan fingerprint density at radius 3 is 2.38 bits per heavy atom. The molecule has 134 valence electrons. The van der Waals surface area contributed by atoms with Crippen molar-refractivity contribution in [3.05, 3.63) is 65.7 Å². The van der Waals surface area contributed by atoms with Gasteiger partial charge in [0, 0.05) is 5.56 Å². The molecule has 0 aromatic heterocycles. The molecule has 0 unspecified atom stereocenters. The number of nitrogens with zero attached hydrogens (tertiary/aromatic N) is 1. The lowest BCUT2D eigenvalue weighted by atomic mass is 9.85. The molecule has 2 aromatic carbocycles. The SMILES string of the molecule is CCOC(=O)[C@H]1NN=C(C(=O)c2ccc(OC)cc2)[C@@H]1c1ccccc1. The van der Waals surface area contributed by atoms with E-state index in [1.54, 1.807) is 38.3 Å². The smallest absolute Gasteiger partial charge is 0.331 e. The number of rotatable bonds is 6. The number of hydrogen-bond acceptors (Lipinski definition) is 6. The summed E-state index contributed by atoms with van der Waals surface area (Å²) in [6.07, 6.45) is 0. The lowest BCUT2D eigenvalue weighted by molar-refractivity contribution is -0.145. The third kappa shape index (κ3) is 3.44. The second-order valence-corrected chi connectivity index (χ2v) is 5.80. The van der Waals surface area contributed by atoms with Crippen LogP contribution in [-0.2, 0) is 9.53 Å². The van der Waals surface area contributed by atoms with Crippen LogP contribution in [0, 0.1) is 0 Å². The van der Waals surface area contributed by atoms with Gasteiger partial charge in [0.2, 0.25) is 5.78 Å². The van der Waals surface area contributed by atoms with E-state index in [1.165, 1.54) is 0 Å². The average Bonchev–Trinajstić information content (AvgIpc) is 3.13. The average molecular weight is 352 g/mol. The Bertz CT molecular complexity index is 815. The summed E-state index contributed by atoms with van der Waals surface area (Å²) < 4.78 is 10.3. The van der Waals surface area contributed by atoms with E-state index in [-0.39, 0.29) is 12.4 Å². The van der Waals surface area contributed by atoms with Gasteiger partial charge in [0.15, 0.2) is 6.04 Å². The van der Waals surface area contributed by atoms with Crippen LogP contribution in [0.5, 0.6) is 5.75 Å². The summed E-state index contributed by atoms with van der Waals surface area (Å²) in [5.41, 5.74) is 4.39. The summed E-state index contributed by atoms with van der Waals surface area (Å²) in [7, 11) is 1.57. The molecule has 1 N–H and O–H groups in total. The zero-order valence-corrected chi connectivity index (χ0v) is 14.6. The summed E-state index contributed by atoms with van der Waals surface area (Å²) in [6.45, 7) is 2.01. The van der Waals surface area contributed by atoms with E-state index in [1.807, 2.05) is 30.3 Å². The number of ether oxygens (including phenoxy) is 2. The highest BCUT2D eigenvalue weighted by molar-refractivity contribution is 6.48. The topological polar surface area (TPSA) is 77.0 Å². The van der Waals surface area contributed by atoms with Crippen molar-refractivity contribution in [1.29, 1.82) is 0 Å². The van der Waals surface area contributed by atoms with Crippen molar-refractivity contribution in [3.63, 3.8) is 0 Å². The van der Waals surface area contributed by atoms with Crippen LogP contribution in [0.3, 0.4) is 0 Å². The highest BCUT2D eigenvalue weighted by atomic mass is 16.5. The molecule has 6 nitrogen and oxygen atoms in total. The van der Waals surface area contributed by atoms with Crippen LogP contribution in [0.1, 0.15) is 28.8 Å². The van der Waals surface area contributed by atoms with E-state index < -0.39 is 17.9 Å². The van der Waals surface area contributed by atoms with Gasteiger partial charge in [0.1, 0.15) is 11.5 Å². The maximum Gasteiger partial charge on any atom is 0.331 e. The summed E-state index contributed by atoms with van der Waals surface area (Å²) in [6, 6.07) is 15.4. The monoisotopic (exact) mass is 352 g/mol. The van der Waals surface area contributed by atoms with Gasteiger partial charge in [-0.1, -0.05) is 30.3 Å². The number of hydrogen-bond donors (Lipinski definition) is 1. The Kier molecular flexibility index (Phi) is 5.31. The van der Waals surface area contributed by atoms with Crippen LogP contribution in [0.15, 0.2) is 59.7 Å². The molecule has 0 amide bonds. The second-order valence-electron chi connectivity index (χ2n) is 5.80. The molecule has 0 aliphatic carbocycles. The zero-order valence-electron chi connectivity index (χ0n) is 14.6. The van der Waals surface area contributed by atoms with Gasteiger partial charge in [-0.3, -0.25) is 10.2 Å². The van der Waals surface area contributed by atoms with Gasteiger partial charge in [0.25, 0.3) is 0 Å². The Balaban J connectivity index is 1.93. The van der Waals surface area contributed by atoms with Gasteiger partial charge in [-0.05, 0) is 36.8 Å². The first-order chi connectivity index (χ1) is 12.7. The quantitative estimate of drug-likeness (QED) is 0.639. The molecular weight excluding hydrogens is 332 g/mol. The molecule has 0 bridgehead atoms. The number of Topliss-reactive ketones (excluding diaryl/α,β-unsaturated/α-hetero) is 1. The van der Waals surface area contributed by atoms with Gasteiger partial charge in [0.05, 0.1) is 19.6 Å². The fraction of sp³-hybridized carbons (Fsp3) is 0.250. The molecule has 2 atom stereocenters. The van der Waals surface area contributed by atoms with Gasteiger partial charge < -0.3 is 9.47 Å². The summed E-state index contributed by atoms with van der Waals surface area (Å²) in [4.78, 5) is 25.3. The largest absolute Gasteiger partial charge is 0.497 e. The van der Waals surface area contributed by atoms with E-state index in [0.717, 1.165) is 5.56 Å². The number of carbonyl (C=O) groups is 2. The first-order valence-corrected chi connectivity index (χ1v) is 8.39. The van der Waals surface area contributed by atoms with Crippen LogP contribution in [-0.4, -0.2) is 37.2 Å². The Labute approximate surface area is 151 Å². The number of hydrazone groups is 1. The molecule has 0 spiro atoms. The number of methoxy groups -OCH3 is 1. The number of carbonyl (C=O) groups excluding carboxylic acids is 2. The summed E-state index contributed by atoms with van der Waals surface area (Å²) in [5, 5.41) is 4.18. The van der Waals surface area contributed by atoms with E-state index in [4.69, 9.17) is 9.47 Å². The van der Waals surface area contributed by atoms with E-state index >= 15 is 0 Å². The molecule has 0 saturated heterocycles. The Morgan fingerprint density at radius 2 is 1.77 bits per heavy atom. The third-order valence-electron chi connectivity index (χ3n) is 4.24. The second kappa shape index (κ2) is 7.82. The number of nitrogens with one attached hydrogen (secondary N) is 1. The zero-order chi connectivity index (χ0) is 18.5. The Morgan fingerprint density at radius 1 is 1.08 bits per heavy atom. The van der Waals surface area contributed by atoms with Gasteiger partial charge in [-0.25, -0.2) is 4.79 Å². The predicted octanol–water partition coefficient (Wildman–Crippen LogP) is 2.55. The molecule has 26 heavy (non-hydrogen) atoms. The first-order valence-electron chi connectivity index (χ1n) is 8.39. The fourth-order valence-electron chi connectivity index (χ4n) is 2.95. The van der Waals surface area contributed by atoms with Crippen molar-refractivity contribution < 1.29 is 19.1 Å². The van der Waals surface area contributed by atoms with Gasteiger partial charge in [-0.15, -0.1) is 0 Å². The minimum Gasteiger partial charge on any atom is -0.497 e. The molecule has 2 aromatic rings. The van der Waals surface area contributed by atoms with Gasteiger partial charge in [-0.2, -0.15) is 5.10 Å². The fourth-order valence-corrected chi connectivity index (χ4v) is 2.95. The molecule has 0 saturated carbocycles. The van der Waals surface area contributed by atoms with Crippen molar-refractivity contribution in [2.75, 3.05) is 13.7 Å². The van der Waals surface area contributed by atoms with Crippen LogP contribution in [0.25, 0.3) is 0 Å².